The topological polar surface area (TPSA) is 38.7 Å². The monoisotopic (exact) mass is 133 g/mol. The van der Waals surface area contributed by atoms with Gasteiger partial charge in [-0.3, -0.25) is 0 Å². The summed E-state index contributed by atoms with van der Waals surface area (Å²) >= 11 is 0. The SMILES string of the molecule is [CH2]C(O)(OCC)OCC. The fourth-order valence-electron chi connectivity index (χ4n) is 0.493. The van der Waals surface area contributed by atoms with Gasteiger partial charge >= 0.3 is 0 Å². The summed E-state index contributed by atoms with van der Waals surface area (Å²) in [4.78, 5) is 0. The van der Waals surface area contributed by atoms with Crippen molar-refractivity contribution < 1.29 is 14.6 Å². The van der Waals surface area contributed by atoms with Gasteiger partial charge in [0.05, 0.1) is 0 Å². The molecule has 0 aliphatic carbocycles. The first-order valence-corrected chi connectivity index (χ1v) is 2.98. The molecule has 0 aromatic heterocycles. The fraction of sp³-hybridized carbons (Fsp3) is 0.833. The second-order valence-corrected chi connectivity index (χ2v) is 1.58. The molecule has 0 aliphatic heterocycles. The van der Waals surface area contributed by atoms with Gasteiger partial charge in [0.25, 0.3) is 5.97 Å². The predicted molar refractivity (Wildman–Crippen MR) is 33.6 cm³/mol. The van der Waals surface area contributed by atoms with E-state index in [0.29, 0.717) is 13.2 Å². The molecular weight excluding hydrogens is 120 g/mol. The maximum absolute atomic E-state index is 8.96. The number of hydrogen-bond acceptors (Lipinski definition) is 3. The average Bonchev–Trinajstić information content (AvgIpc) is 1.64. The molecule has 0 aliphatic rings. The molecule has 3 heteroatoms. The first-order valence-electron chi connectivity index (χ1n) is 2.98. The van der Waals surface area contributed by atoms with E-state index in [0.717, 1.165) is 0 Å². The summed E-state index contributed by atoms with van der Waals surface area (Å²) < 4.78 is 9.38. The summed E-state index contributed by atoms with van der Waals surface area (Å²) in [6, 6.07) is 0. The summed E-state index contributed by atoms with van der Waals surface area (Å²) in [6.45, 7) is 7.56. The number of rotatable bonds is 4. The van der Waals surface area contributed by atoms with E-state index in [1.165, 1.54) is 0 Å². The zero-order valence-corrected chi connectivity index (χ0v) is 5.89. The molecule has 0 aromatic rings. The van der Waals surface area contributed by atoms with E-state index in [1.807, 2.05) is 0 Å². The molecule has 0 rings (SSSR count). The van der Waals surface area contributed by atoms with Crippen molar-refractivity contribution >= 4 is 0 Å². The molecule has 55 valence electrons. The van der Waals surface area contributed by atoms with Crippen LogP contribution in [0.3, 0.4) is 0 Å². The first kappa shape index (κ1) is 8.88. The Morgan fingerprint density at radius 3 is 1.89 bits per heavy atom. The van der Waals surface area contributed by atoms with E-state index >= 15 is 0 Å². The zero-order valence-electron chi connectivity index (χ0n) is 5.89. The van der Waals surface area contributed by atoms with Gasteiger partial charge in [0, 0.05) is 20.1 Å². The Balaban J connectivity index is 3.43. The van der Waals surface area contributed by atoms with Crippen molar-refractivity contribution in [3.05, 3.63) is 6.92 Å². The zero-order chi connectivity index (χ0) is 7.33. The van der Waals surface area contributed by atoms with Gasteiger partial charge in [-0.25, -0.2) is 0 Å². The third-order valence-electron chi connectivity index (χ3n) is 0.740. The lowest BCUT2D eigenvalue weighted by Crippen LogP contribution is -2.32. The van der Waals surface area contributed by atoms with Crippen molar-refractivity contribution in [1.82, 2.24) is 0 Å². The summed E-state index contributed by atoms with van der Waals surface area (Å²) in [7, 11) is 0. The molecule has 0 atom stereocenters. The molecule has 1 radical (unpaired) electrons. The predicted octanol–water partition coefficient (Wildman–Crippen LogP) is 0.540. The minimum Gasteiger partial charge on any atom is -0.343 e. The van der Waals surface area contributed by atoms with Crippen LogP contribution in [0.25, 0.3) is 0 Å². The molecule has 0 aromatic carbocycles. The van der Waals surface area contributed by atoms with Crippen LogP contribution in [-0.2, 0) is 9.47 Å². The van der Waals surface area contributed by atoms with Crippen molar-refractivity contribution in [1.29, 1.82) is 0 Å². The highest BCUT2D eigenvalue weighted by molar-refractivity contribution is 4.53. The number of aliphatic hydroxyl groups is 1. The van der Waals surface area contributed by atoms with Crippen LogP contribution >= 0.6 is 0 Å². The summed E-state index contributed by atoms with van der Waals surface area (Å²) in [6.07, 6.45) is 0. The van der Waals surface area contributed by atoms with Gasteiger partial charge in [-0.1, -0.05) is 0 Å². The molecule has 3 nitrogen and oxygen atoms in total. The molecular formula is C6H13O3. The van der Waals surface area contributed by atoms with Gasteiger partial charge in [-0.2, -0.15) is 0 Å². The Morgan fingerprint density at radius 2 is 1.67 bits per heavy atom. The Hall–Kier alpha value is -0.120. The molecule has 0 spiro atoms. The Morgan fingerprint density at radius 1 is 1.33 bits per heavy atom. The van der Waals surface area contributed by atoms with Crippen molar-refractivity contribution in [2.45, 2.75) is 19.8 Å². The van der Waals surface area contributed by atoms with Gasteiger partial charge in [-0.15, -0.1) is 0 Å². The third-order valence-corrected chi connectivity index (χ3v) is 0.740. The summed E-state index contributed by atoms with van der Waals surface area (Å²) in [5.41, 5.74) is 0. The second kappa shape index (κ2) is 3.82. The van der Waals surface area contributed by atoms with E-state index < -0.39 is 5.97 Å². The molecule has 0 amide bonds. The minimum absolute atomic E-state index is 0.389. The molecule has 0 unspecified atom stereocenters. The maximum atomic E-state index is 8.96. The largest absolute Gasteiger partial charge is 0.343 e. The van der Waals surface area contributed by atoms with Crippen LogP contribution in [0.15, 0.2) is 0 Å². The van der Waals surface area contributed by atoms with Gasteiger partial charge in [0.2, 0.25) is 0 Å². The highest BCUT2D eigenvalue weighted by Crippen LogP contribution is 2.05. The van der Waals surface area contributed by atoms with Gasteiger partial charge in [0.1, 0.15) is 0 Å². The van der Waals surface area contributed by atoms with Crippen LogP contribution in [0.4, 0.5) is 0 Å². The van der Waals surface area contributed by atoms with Gasteiger partial charge < -0.3 is 14.6 Å². The van der Waals surface area contributed by atoms with Crippen molar-refractivity contribution in [3.8, 4) is 0 Å². The lowest BCUT2D eigenvalue weighted by Gasteiger charge is -2.21. The molecule has 9 heavy (non-hydrogen) atoms. The van der Waals surface area contributed by atoms with E-state index in [1.54, 1.807) is 13.8 Å². The average molecular weight is 133 g/mol. The number of hydrogen-bond donors (Lipinski definition) is 1. The molecule has 1 N–H and O–H groups in total. The van der Waals surface area contributed by atoms with Crippen molar-refractivity contribution in [2.75, 3.05) is 13.2 Å². The first-order chi connectivity index (χ1) is 4.12. The standard InChI is InChI=1S/C6H13O3/c1-4-8-6(3,7)9-5-2/h7H,3-5H2,1-2H3. The molecule has 0 saturated heterocycles. The van der Waals surface area contributed by atoms with Crippen LogP contribution in [0.5, 0.6) is 0 Å². The highest BCUT2D eigenvalue weighted by Gasteiger charge is 2.19. The van der Waals surface area contributed by atoms with Crippen LogP contribution in [0.1, 0.15) is 13.8 Å². The lowest BCUT2D eigenvalue weighted by molar-refractivity contribution is -0.327. The Kier molecular flexibility index (Phi) is 3.77. The smallest absolute Gasteiger partial charge is 0.280 e. The molecule has 0 heterocycles. The molecule has 0 bridgehead atoms. The van der Waals surface area contributed by atoms with E-state index in [4.69, 9.17) is 14.6 Å². The fourth-order valence-corrected chi connectivity index (χ4v) is 0.493. The van der Waals surface area contributed by atoms with Gasteiger partial charge in [-0.05, 0) is 13.8 Å². The lowest BCUT2D eigenvalue weighted by atomic mass is 10.6. The second-order valence-electron chi connectivity index (χ2n) is 1.58. The van der Waals surface area contributed by atoms with Crippen LogP contribution in [-0.4, -0.2) is 24.3 Å². The van der Waals surface area contributed by atoms with Crippen LogP contribution in [0.2, 0.25) is 0 Å². The van der Waals surface area contributed by atoms with Crippen molar-refractivity contribution in [3.63, 3.8) is 0 Å². The number of ether oxygens (including phenoxy) is 2. The maximum Gasteiger partial charge on any atom is 0.280 e. The highest BCUT2D eigenvalue weighted by atomic mass is 16.8. The third kappa shape index (κ3) is 4.39. The summed E-state index contributed by atoms with van der Waals surface area (Å²) in [5, 5.41) is 8.96. The quantitative estimate of drug-likeness (QED) is 0.569. The van der Waals surface area contributed by atoms with E-state index in [-0.39, 0.29) is 0 Å². The van der Waals surface area contributed by atoms with E-state index in [2.05, 4.69) is 6.92 Å². The Labute approximate surface area is 55.6 Å². The van der Waals surface area contributed by atoms with Crippen LogP contribution in [0, 0.1) is 6.92 Å². The summed E-state index contributed by atoms with van der Waals surface area (Å²) in [5.74, 6) is -1.65. The van der Waals surface area contributed by atoms with E-state index in [9.17, 15) is 0 Å². The van der Waals surface area contributed by atoms with Crippen LogP contribution < -0.4 is 0 Å². The molecule has 0 saturated carbocycles. The normalized spacial score (nSPS) is 12.0. The molecule has 0 fully saturated rings. The van der Waals surface area contributed by atoms with Gasteiger partial charge in [0.15, 0.2) is 0 Å². The minimum atomic E-state index is -1.65. The Bertz CT molecular complexity index is 62.7. The van der Waals surface area contributed by atoms with Crippen molar-refractivity contribution in [2.24, 2.45) is 0 Å².